The smallest absolute Gasteiger partial charge is 0.318 e. The van der Waals surface area contributed by atoms with Gasteiger partial charge in [-0.25, -0.2) is 9.78 Å². The molecule has 1 N–H and O–H groups in total. The highest BCUT2D eigenvalue weighted by Crippen LogP contribution is 2.18. The number of aryl methyl sites for hydroxylation is 2. The summed E-state index contributed by atoms with van der Waals surface area (Å²) in [4.78, 5) is 33.2. The third kappa shape index (κ3) is 3.91. The van der Waals surface area contributed by atoms with Crippen LogP contribution >= 0.6 is 0 Å². The summed E-state index contributed by atoms with van der Waals surface area (Å²) in [6.07, 6.45) is 2.66. The average Bonchev–Trinajstić information content (AvgIpc) is 2.94. The Labute approximate surface area is 160 Å². The molecule has 1 aromatic heterocycles. The van der Waals surface area contributed by atoms with E-state index in [1.54, 1.807) is 16.8 Å². The summed E-state index contributed by atoms with van der Waals surface area (Å²) in [6.45, 7) is 5.64. The lowest BCUT2D eigenvalue weighted by Crippen LogP contribution is -2.59. The minimum Gasteiger partial charge on any atom is -0.342 e. The number of nitrogens with zero attached hydrogens (tertiary/aromatic N) is 4. The first-order chi connectivity index (χ1) is 12.9. The molecule has 7 heteroatoms. The zero-order chi connectivity index (χ0) is 19.6. The second kappa shape index (κ2) is 7.98. The quantitative estimate of drug-likeness (QED) is 0.877. The van der Waals surface area contributed by atoms with Crippen LogP contribution in [0.2, 0.25) is 0 Å². The molecule has 0 unspecified atom stereocenters. The lowest BCUT2D eigenvalue weighted by molar-refractivity contribution is -0.138. The van der Waals surface area contributed by atoms with Gasteiger partial charge in [0.15, 0.2) is 0 Å². The van der Waals surface area contributed by atoms with Crippen LogP contribution in [0, 0.1) is 6.92 Å². The van der Waals surface area contributed by atoms with Crippen LogP contribution in [0.4, 0.5) is 4.79 Å². The predicted octanol–water partition coefficient (Wildman–Crippen LogP) is 2.42. The Hall–Kier alpha value is -2.57. The van der Waals surface area contributed by atoms with Crippen LogP contribution in [-0.4, -0.2) is 57.5 Å². The molecule has 1 saturated heterocycles. The minimum absolute atomic E-state index is 0.0373. The normalized spacial score (nSPS) is 17.6. The van der Waals surface area contributed by atoms with Crippen molar-refractivity contribution in [2.24, 2.45) is 7.05 Å². The van der Waals surface area contributed by atoms with E-state index in [9.17, 15) is 9.59 Å². The molecule has 1 aliphatic heterocycles. The van der Waals surface area contributed by atoms with Crippen molar-refractivity contribution in [1.29, 1.82) is 0 Å². The molecule has 2 aromatic rings. The number of piperazine rings is 1. The maximum atomic E-state index is 12.7. The number of likely N-dealkylation sites (N-methyl/N-ethyl adjacent to an activating group) is 1. The predicted molar refractivity (Wildman–Crippen MR) is 105 cm³/mol. The van der Waals surface area contributed by atoms with Gasteiger partial charge >= 0.3 is 6.03 Å². The maximum Gasteiger partial charge on any atom is 0.318 e. The monoisotopic (exact) mass is 371 g/mol. The van der Waals surface area contributed by atoms with E-state index in [2.05, 4.69) is 17.2 Å². The van der Waals surface area contributed by atoms with Gasteiger partial charge in [-0.15, -0.1) is 0 Å². The first-order valence-corrected chi connectivity index (χ1v) is 9.63. The van der Waals surface area contributed by atoms with E-state index in [4.69, 9.17) is 0 Å². The highest BCUT2D eigenvalue weighted by atomic mass is 16.2. The lowest BCUT2D eigenvalue weighted by Gasteiger charge is -2.39. The van der Waals surface area contributed by atoms with E-state index in [1.165, 1.54) is 0 Å². The summed E-state index contributed by atoms with van der Waals surface area (Å²) >= 11 is 0. The number of urea groups is 1. The van der Waals surface area contributed by atoms with Crippen molar-refractivity contribution in [2.75, 3.05) is 20.1 Å². The summed E-state index contributed by atoms with van der Waals surface area (Å²) in [7, 11) is 3.80. The first kappa shape index (κ1) is 19.2. The van der Waals surface area contributed by atoms with Gasteiger partial charge in [0.2, 0.25) is 5.91 Å². The number of benzene rings is 1. The van der Waals surface area contributed by atoms with Crippen molar-refractivity contribution < 1.29 is 9.59 Å². The molecule has 1 atom stereocenters. The average molecular weight is 371 g/mol. The van der Waals surface area contributed by atoms with Crippen LogP contribution in [0.15, 0.2) is 18.2 Å². The van der Waals surface area contributed by atoms with Crippen molar-refractivity contribution in [1.82, 2.24) is 24.7 Å². The molecular weight excluding hydrogens is 342 g/mol. The molecule has 0 spiro atoms. The van der Waals surface area contributed by atoms with E-state index >= 15 is 0 Å². The third-order valence-corrected chi connectivity index (χ3v) is 5.42. The molecule has 1 aromatic carbocycles. The summed E-state index contributed by atoms with van der Waals surface area (Å²) in [5, 5.41) is 2.98. The van der Waals surface area contributed by atoms with Gasteiger partial charge in [-0.3, -0.25) is 4.79 Å². The zero-order valence-corrected chi connectivity index (χ0v) is 16.7. The van der Waals surface area contributed by atoms with Crippen LogP contribution in [-0.2, 0) is 18.4 Å². The Kier molecular flexibility index (Phi) is 5.68. The highest BCUT2D eigenvalue weighted by Gasteiger charge is 2.35. The van der Waals surface area contributed by atoms with Gasteiger partial charge in [-0.05, 0) is 31.0 Å². The van der Waals surface area contributed by atoms with E-state index in [1.807, 2.05) is 36.7 Å². The number of nitrogens with one attached hydrogen (secondary N) is 1. The molecule has 0 radical (unpaired) electrons. The van der Waals surface area contributed by atoms with Crippen LogP contribution in [0.3, 0.4) is 0 Å². The minimum atomic E-state index is -0.357. The Morgan fingerprint density at radius 2 is 2.07 bits per heavy atom. The van der Waals surface area contributed by atoms with Gasteiger partial charge in [0.05, 0.1) is 11.0 Å². The Morgan fingerprint density at radius 3 is 2.81 bits per heavy atom. The number of imidazole rings is 1. The summed E-state index contributed by atoms with van der Waals surface area (Å²) < 4.78 is 2.05. The number of hydrogen-bond acceptors (Lipinski definition) is 3. The van der Waals surface area contributed by atoms with Crippen molar-refractivity contribution in [3.05, 3.63) is 29.6 Å². The maximum absolute atomic E-state index is 12.7. The van der Waals surface area contributed by atoms with Crippen molar-refractivity contribution in [3.8, 4) is 0 Å². The SMILES string of the molecule is CCCC[C@@H]1C(=O)N(C)CCN1C(=O)NCc1ccc2c(c1)nc(C)n2C. The third-order valence-electron chi connectivity index (χ3n) is 5.42. The largest absolute Gasteiger partial charge is 0.342 e. The Balaban J connectivity index is 1.67. The topological polar surface area (TPSA) is 70.5 Å². The zero-order valence-electron chi connectivity index (χ0n) is 16.7. The standard InChI is InChI=1S/C20H29N5O2/c1-5-6-7-18-19(26)23(3)10-11-25(18)20(27)21-13-15-8-9-17-16(12-15)22-14(2)24(17)4/h8-9,12,18H,5-7,10-11,13H2,1-4H3,(H,21,27)/t18-/m1/s1. The summed E-state index contributed by atoms with van der Waals surface area (Å²) in [6, 6.07) is 5.51. The Morgan fingerprint density at radius 1 is 1.30 bits per heavy atom. The Bertz CT molecular complexity index is 844. The fourth-order valence-electron chi connectivity index (χ4n) is 3.59. The number of unbranched alkanes of at least 4 members (excludes halogenated alkanes) is 1. The molecule has 3 rings (SSSR count). The number of amides is 3. The number of carbonyl (C=O) groups is 2. The van der Waals surface area contributed by atoms with Crippen molar-refractivity contribution in [2.45, 2.75) is 45.7 Å². The highest BCUT2D eigenvalue weighted by molar-refractivity contribution is 5.88. The molecular formula is C20H29N5O2. The van der Waals surface area contributed by atoms with Crippen molar-refractivity contribution >= 4 is 23.0 Å². The molecule has 0 bridgehead atoms. The van der Waals surface area contributed by atoms with Gasteiger partial charge in [0.1, 0.15) is 11.9 Å². The van der Waals surface area contributed by atoms with Crippen LogP contribution < -0.4 is 5.32 Å². The number of carbonyl (C=O) groups excluding carboxylic acids is 2. The fourth-order valence-corrected chi connectivity index (χ4v) is 3.59. The second-order valence-electron chi connectivity index (χ2n) is 7.31. The van der Waals surface area contributed by atoms with Crippen molar-refractivity contribution in [3.63, 3.8) is 0 Å². The van der Waals surface area contributed by atoms with Gasteiger partial charge in [0, 0.05) is 33.7 Å². The van der Waals surface area contributed by atoms with Crippen LogP contribution in [0.25, 0.3) is 11.0 Å². The fraction of sp³-hybridized carbons (Fsp3) is 0.550. The number of rotatable bonds is 5. The van der Waals surface area contributed by atoms with Gasteiger partial charge < -0.3 is 19.7 Å². The number of fused-ring (bicyclic) bond motifs is 1. The molecule has 3 amide bonds. The summed E-state index contributed by atoms with van der Waals surface area (Å²) in [5.41, 5.74) is 3.00. The molecule has 146 valence electrons. The van der Waals surface area contributed by atoms with E-state index < -0.39 is 0 Å². The first-order valence-electron chi connectivity index (χ1n) is 9.63. The molecule has 7 nitrogen and oxygen atoms in total. The second-order valence-corrected chi connectivity index (χ2v) is 7.31. The lowest BCUT2D eigenvalue weighted by atomic mass is 10.0. The van der Waals surface area contributed by atoms with Crippen LogP contribution in [0.5, 0.6) is 0 Å². The molecule has 1 aliphatic rings. The molecule has 0 aliphatic carbocycles. The van der Waals surface area contributed by atoms with Gasteiger partial charge in [-0.2, -0.15) is 0 Å². The van der Waals surface area contributed by atoms with Crippen LogP contribution in [0.1, 0.15) is 37.6 Å². The van der Waals surface area contributed by atoms with E-state index in [0.29, 0.717) is 26.1 Å². The molecule has 0 saturated carbocycles. The molecule has 1 fully saturated rings. The van der Waals surface area contributed by atoms with Gasteiger partial charge in [-0.1, -0.05) is 25.8 Å². The summed E-state index contributed by atoms with van der Waals surface area (Å²) in [5.74, 6) is 0.996. The van der Waals surface area contributed by atoms with E-state index in [-0.39, 0.29) is 18.0 Å². The molecule has 27 heavy (non-hydrogen) atoms. The van der Waals surface area contributed by atoms with Gasteiger partial charge in [0.25, 0.3) is 0 Å². The number of aromatic nitrogens is 2. The number of hydrogen-bond donors (Lipinski definition) is 1. The molecule has 2 heterocycles. The van der Waals surface area contributed by atoms with E-state index in [0.717, 1.165) is 35.3 Å².